The molecule has 1 saturated heterocycles. The molecule has 2 N–H and O–H groups in total. The van der Waals surface area contributed by atoms with E-state index in [0.29, 0.717) is 17.2 Å². The molecule has 2 unspecified atom stereocenters. The Morgan fingerprint density at radius 1 is 1.15 bits per heavy atom. The zero-order chi connectivity index (χ0) is 14.7. The molecule has 0 amide bonds. The molecule has 1 heterocycles. The van der Waals surface area contributed by atoms with Crippen molar-refractivity contribution in [3.63, 3.8) is 0 Å². The van der Waals surface area contributed by atoms with Crippen molar-refractivity contribution < 1.29 is 9.47 Å². The van der Waals surface area contributed by atoms with Crippen molar-refractivity contribution in [1.29, 1.82) is 0 Å². The van der Waals surface area contributed by atoms with Crippen LogP contribution in [-0.2, 0) is 6.54 Å². The Hall–Kier alpha value is -1.42. The molecule has 1 fully saturated rings. The molecular formula is C16H26N2O2. The lowest BCUT2D eigenvalue weighted by molar-refractivity contribution is 0.134. The summed E-state index contributed by atoms with van der Waals surface area (Å²) < 4.78 is 10.6. The Morgan fingerprint density at radius 3 is 2.35 bits per heavy atom. The fourth-order valence-corrected chi connectivity index (χ4v) is 3.32. The molecule has 0 aromatic heterocycles. The largest absolute Gasteiger partial charge is 0.493 e. The number of nitrogens with zero attached hydrogens (tertiary/aromatic N) is 1. The summed E-state index contributed by atoms with van der Waals surface area (Å²) in [5.41, 5.74) is 7.87. The summed E-state index contributed by atoms with van der Waals surface area (Å²) in [6, 6.07) is 4.02. The summed E-state index contributed by atoms with van der Waals surface area (Å²) in [5, 5.41) is 0. The maximum atomic E-state index is 6.04. The van der Waals surface area contributed by atoms with Gasteiger partial charge in [-0.3, -0.25) is 4.90 Å². The van der Waals surface area contributed by atoms with Crippen LogP contribution in [0.2, 0.25) is 0 Å². The van der Waals surface area contributed by atoms with E-state index in [0.717, 1.165) is 31.5 Å². The number of rotatable bonds is 4. The van der Waals surface area contributed by atoms with Gasteiger partial charge in [0.05, 0.1) is 19.9 Å². The average molecular weight is 278 g/mol. The summed E-state index contributed by atoms with van der Waals surface area (Å²) >= 11 is 0. The average Bonchev–Trinajstić information content (AvgIpc) is 2.36. The number of anilines is 1. The predicted molar refractivity (Wildman–Crippen MR) is 82.2 cm³/mol. The number of nitrogens with two attached hydrogens (primary N) is 1. The molecule has 2 atom stereocenters. The molecule has 0 aliphatic carbocycles. The van der Waals surface area contributed by atoms with E-state index in [-0.39, 0.29) is 0 Å². The van der Waals surface area contributed by atoms with Gasteiger partial charge in [-0.2, -0.15) is 0 Å². The molecule has 2 rings (SSSR count). The van der Waals surface area contributed by atoms with Gasteiger partial charge < -0.3 is 15.2 Å². The van der Waals surface area contributed by atoms with E-state index in [2.05, 4.69) is 18.7 Å². The van der Waals surface area contributed by atoms with Crippen LogP contribution in [0.3, 0.4) is 0 Å². The van der Waals surface area contributed by atoms with Crippen molar-refractivity contribution in [3.05, 3.63) is 17.7 Å². The third kappa shape index (κ3) is 3.37. The standard InChI is InChI=1S/C16H26N2O2/c1-11-5-12(2)9-18(8-11)10-13-6-14(17)16(20-4)15(7-13)19-3/h6-7,11-12H,5,8-10,17H2,1-4H3. The summed E-state index contributed by atoms with van der Waals surface area (Å²) in [4.78, 5) is 2.50. The second kappa shape index (κ2) is 6.35. The third-order valence-electron chi connectivity index (χ3n) is 3.92. The second-order valence-corrected chi connectivity index (χ2v) is 6.06. The normalized spacial score (nSPS) is 23.6. The van der Waals surface area contributed by atoms with Gasteiger partial charge in [-0.1, -0.05) is 13.8 Å². The van der Waals surface area contributed by atoms with Gasteiger partial charge in [0.15, 0.2) is 11.5 Å². The van der Waals surface area contributed by atoms with Crippen molar-refractivity contribution in [2.24, 2.45) is 11.8 Å². The minimum absolute atomic E-state index is 0.622. The molecule has 1 aromatic carbocycles. The third-order valence-corrected chi connectivity index (χ3v) is 3.92. The number of hydrogen-bond donors (Lipinski definition) is 1. The van der Waals surface area contributed by atoms with Gasteiger partial charge in [0, 0.05) is 19.6 Å². The fourth-order valence-electron chi connectivity index (χ4n) is 3.32. The van der Waals surface area contributed by atoms with Gasteiger partial charge in [0.25, 0.3) is 0 Å². The van der Waals surface area contributed by atoms with Crippen LogP contribution in [0.4, 0.5) is 5.69 Å². The fraction of sp³-hybridized carbons (Fsp3) is 0.625. The number of piperidine rings is 1. The minimum Gasteiger partial charge on any atom is -0.493 e. The molecule has 4 nitrogen and oxygen atoms in total. The van der Waals surface area contributed by atoms with Crippen LogP contribution in [0.1, 0.15) is 25.8 Å². The van der Waals surface area contributed by atoms with Gasteiger partial charge in [0.2, 0.25) is 0 Å². The lowest BCUT2D eigenvalue weighted by Gasteiger charge is -2.35. The highest BCUT2D eigenvalue weighted by Crippen LogP contribution is 2.35. The van der Waals surface area contributed by atoms with Gasteiger partial charge in [0.1, 0.15) is 0 Å². The van der Waals surface area contributed by atoms with Crippen LogP contribution < -0.4 is 15.2 Å². The van der Waals surface area contributed by atoms with Crippen LogP contribution in [0, 0.1) is 11.8 Å². The highest BCUT2D eigenvalue weighted by Gasteiger charge is 2.22. The monoisotopic (exact) mass is 278 g/mol. The highest BCUT2D eigenvalue weighted by atomic mass is 16.5. The Morgan fingerprint density at radius 2 is 1.80 bits per heavy atom. The Kier molecular flexibility index (Phi) is 4.76. The minimum atomic E-state index is 0.622. The van der Waals surface area contributed by atoms with Crippen LogP contribution in [-0.4, -0.2) is 32.2 Å². The van der Waals surface area contributed by atoms with Crippen molar-refractivity contribution in [3.8, 4) is 11.5 Å². The van der Waals surface area contributed by atoms with Crippen LogP contribution in [0.5, 0.6) is 11.5 Å². The van der Waals surface area contributed by atoms with Crippen LogP contribution in [0.15, 0.2) is 12.1 Å². The maximum Gasteiger partial charge on any atom is 0.183 e. The molecule has 1 aliphatic heterocycles. The number of nitrogen functional groups attached to an aromatic ring is 1. The van der Waals surface area contributed by atoms with Gasteiger partial charge in [-0.15, -0.1) is 0 Å². The summed E-state index contributed by atoms with van der Waals surface area (Å²) in [7, 11) is 3.26. The van der Waals surface area contributed by atoms with Crippen LogP contribution >= 0.6 is 0 Å². The molecule has 1 aromatic rings. The highest BCUT2D eigenvalue weighted by molar-refractivity contribution is 5.62. The van der Waals surface area contributed by atoms with E-state index in [9.17, 15) is 0 Å². The van der Waals surface area contributed by atoms with Crippen molar-refractivity contribution >= 4 is 5.69 Å². The van der Waals surface area contributed by atoms with E-state index >= 15 is 0 Å². The summed E-state index contributed by atoms with van der Waals surface area (Å²) in [6.07, 6.45) is 1.32. The number of likely N-dealkylation sites (tertiary alicyclic amines) is 1. The lowest BCUT2D eigenvalue weighted by atomic mass is 9.91. The predicted octanol–water partition coefficient (Wildman–Crippen LogP) is 2.76. The smallest absolute Gasteiger partial charge is 0.183 e. The molecular weight excluding hydrogens is 252 g/mol. The number of ether oxygens (including phenoxy) is 2. The summed E-state index contributed by atoms with van der Waals surface area (Å²) in [6.45, 7) is 7.87. The van der Waals surface area contributed by atoms with E-state index < -0.39 is 0 Å². The lowest BCUT2D eigenvalue weighted by Crippen LogP contribution is -2.38. The molecule has 1 aliphatic rings. The molecule has 0 radical (unpaired) electrons. The molecule has 20 heavy (non-hydrogen) atoms. The molecule has 0 spiro atoms. The second-order valence-electron chi connectivity index (χ2n) is 6.06. The number of benzene rings is 1. The van der Waals surface area contributed by atoms with Crippen LogP contribution in [0.25, 0.3) is 0 Å². The molecule has 112 valence electrons. The first-order chi connectivity index (χ1) is 9.53. The van der Waals surface area contributed by atoms with E-state index in [4.69, 9.17) is 15.2 Å². The van der Waals surface area contributed by atoms with Gasteiger partial charge in [-0.05, 0) is 36.0 Å². The molecule has 4 heteroatoms. The maximum absolute atomic E-state index is 6.04. The Bertz CT molecular complexity index is 452. The van der Waals surface area contributed by atoms with E-state index in [1.165, 1.54) is 12.0 Å². The summed E-state index contributed by atoms with van der Waals surface area (Å²) in [5.74, 6) is 2.85. The first kappa shape index (κ1) is 15.0. The first-order valence-electron chi connectivity index (χ1n) is 7.26. The van der Waals surface area contributed by atoms with E-state index in [1.807, 2.05) is 12.1 Å². The van der Waals surface area contributed by atoms with Crippen molar-refractivity contribution in [2.45, 2.75) is 26.8 Å². The SMILES string of the molecule is COc1cc(CN2CC(C)CC(C)C2)cc(N)c1OC. The van der Waals surface area contributed by atoms with Crippen molar-refractivity contribution in [1.82, 2.24) is 4.90 Å². The van der Waals surface area contributed by atoms with Crippen molar-refractivity contribution in [2.75, 3.05) is 33.0 Å². The first-order valence-corrected chi connectivity index (χ1v) is 7.26. The number of hydrogen-bond acceptors (Lipinski definition) is 4. The molecule has 0 saturated carbocycles. The quantitative estimate of drug-likeness (QED) is 0.860. The van der Waals surface area contributed by atoms with E-state index in [1.54, 1.807) is 14.2 Å². The number of methoxy groups -OCH3 is 2. The zero-order valence-corrected chi connectivity index (χ0v) is 13.0. The van der Waals surface area contributed by atoms with Gasteiger partial charge >= 0.3 is 0 Å². The Balaban J connectivity index is 2.15. The molecule has 0 bridgehead atoms. The Labute approximate surface area is 121 Å². The topological polar surface area (TPSA) is 47.7 Å². The zero-order valence-electron chi connectivity index (χ0n) is 13.0. The van der Waals surface area contributed by atoms with Gasteiger partial charge in [-0.25, -0.2) is 0 Å².